The van der Waals surface area contributed by atoms with Crippen LogP contribution in [0.3, 0.4) is 0 Å². The van der Waals surface area contributed by atoms with Gasteiger partial charge in [-0.15, -0.1) is 0 Å². The number of allylic oxidation sites excluding steroid dienone is 1. The van der Waals surface area contributed by atoms with Gasteiger partial charge in [0.25, 0.3) is 0 Å². The molecule has 1 atom stereocenters. The normalized spacial score (nSPS) is 13.1. The summed E-state index contributed by atoms with van der Waals surface area (Å²) in [5.74, 6) is 0.827. The van der Waals surface area contributed by atoms with Crippen LogP contribution in [0.1, 0.15) is 47.5 Å². The Balaban J connectivity index is 3.40. The highest BCUT2D eigenvalue weighted by Crippen LogP contribution is 2.06. The Hall–Kier alpha value is -0.300. The first-order valence-electron chi connectivity index (χ1n) is 5.39. The molecule has 0 aromatic heterocycles. The molecule has 0 amide bonds. The van der Waals surface area contributed by atoms with Crippen LogP contribution in [-0.2, 0) is 0 Å². The lowest BCUT2D eigenvalue weighted by Crippen LogP contribution is -2.26. The topological polar surface area (TPSA) is 12.0 Å². The van der Waals surface area contributed by atoms with Gasteiger partial charge >= 0.3 is 0 Å². The first-order valence-corrected chi connectivity index (χ1v) is 5.39. The van der Waals surface area contributed by atoms with Gasteiger partial charge in [0, 0.05) is 12.6 Å². The summed E-state index contributed by atoms with van der Waals surface area (Å²) in [6.07, 6.45) is 4.85. The van der Waals surface area contributed by atoms with E-state index in [9.17, 15) is 0 Å². The van der Waals surface area contributed by atoms with E-state index in [4.69, 9.17) is 0 Å². The van der Waals surface area contributed by atoms with Crippen molar-refractivity contribution in [3.63, 3.8) is 0 Å². The van der Waals surface area contributed by atoms with E-state index in [1.807, 2.05) is 0 Å². The number of rotatable bonds is 6. The van der Waals surface area contributed by atoms with E-state index in [0.717, 1.165) is 12.5 Å². The largest absolute Gasteiger partial charge is 0.311 e. The van der Waals surface area contributed by atoms with E-state index in [0.29, 0.717) is 6.04 Å². The van der Waals surface area contributed by atoms with Crippen molar-refractivity contribution in [2.75, 3.05) is 6.54 Å². The lowest BCUT2D eigenvalue weighted by atomic mass is 10.0. The fraction of sp³-hybridized carbons (Fsp3) is 0.833. The van der Waals surface area contributed by atoms with E-state index in [2.05, 4.69) is 46.0 Å². The van der Waals surface area contributed by atoms with Crippen LogP contribution >= 0.6 is 0 Å². The van der Waals surface area contributed by atoms with Crippen LogP contribution in [0.15, 0.2) is 11.6 Å². The molecular formula is C12H25N. The van der Waals surface area contributed by atoms with Gasteiger partial charge in [-0.1, -0.05) is 25.5 Å². The highest BCUT2D eigenvalue weighted by Gasteiger charge is 2.01. The summed E-state index contributed by atoms with van der Waals surface area (Å²) < 4.78 is 0. The summed E-state index contributed by atoms with van der Waals surface area (Å²) in [5, 5.41) is 3.49. The van der Waals surface area contributed by atoms with Crippen molar-refractivity contribution in [3.8, 4) is 0 Å². The van der Waals surface area contributed by atoms with Crippen LogP contribution in [0, 0.1) is 5.92 Å². The lowest BCUT2D eigenvalue weighted by Gasteiger charge is -2.13. The highest BCUT2D eigenvalue weighted by atomic mass is 14.9. The van der Waals surface area contributed by atoms with Gasteiger partial charge in [0.05, 0.1) is 0 Å². The Morgan fingerprint density at radius 3 is 2.23 bits per heavy atom. The van der Waals surface area contributed by atoms with Gasteiger partial charge in [-0.05, 0) is 39.5 Å². The van der Waals surface area contributed by atoms with Crippen LogP contribution in [0.5, 0.6) is 0 Å². The van der Waals surface area contributed by atoms with Gasteiger partial charge in [-0.25, -0.2) is 0 Å². The van der Waals surface area contributed by atoms with Crippen molar-refractivity contribution in [1.82, 2.24) is 5.32 Å². The third kappa shape index (κ3) is 9.62. The van der Waals surface area contributed by atoms with Crippen molar-refractivity contribution >= 4 is 0 Å². The van der Waals surface area contributed by atoms with Crippen LogP contribution in [0.25, 0.3) is 0 Å². The van der Waals surface area contributed by atoms with Crippen LogP contribution in [-0.4, -0.2) is 12.6 Å². The second-order valence-electron chi connectivity index (χ2n) is 4.56. The minimum absolute atomic E-state index is 0.651. The molecule has 0 rings (SSSR count). The molecule has 1 heteroatoms. The standard InChI is InChI=1S/C12H25N/c1-10(2)6-7-12(5)13-9-8-11(3)4/h8,10,12-13H,6-7,9H2,1-5H3. The molecule has 78 valence electrons. The summed E-state index contributed by atoms with van der Waals surface area (Å²) in [6, 6.07) is 0.651. The molecule has 1 unspecified atom stereocenters. The van der Waals surface area contributed by atoms with E-state index in [1.54, 1.807) is 0 Å². The average Bonchev–Trinajstić information content (AvgIpc) is 2.00. The summed E-state index contributed by atoms with van der Waals surface area (Å²) in [4.78, 5) is 0. The van der Waals surface area contributed by atoms with Crippen molar-refractivity contribution in [2.45, 2.75) is 53.5 Å². The predicted octanol–water partition coefficient (Wildman–Crippen LogP) is 3.37. The van der Waals surface area contributed by atoms with E-state index >= 15 is 0 Å². The average molecular weight is 183 g/mol. The Morgan fingerprint density at radius 1 is 1.15 bits per heavy atom. The Morgan fingerprint density at radius 2 is 1.77 bits per heavy atom. The fourth-order valence-corrected chi connectivity index (χ4v) is 1.15. The minimum Gasteiger partial charge on any atom is -0.311 e. The Bertz CT molecular complexity index is 143. The monoisotopic (exact) mass is 183 g/mol. The van der Waals surface area contributed by atoms with Crippen molar-refractivity contribution in [1.29, 1.82) is 0 Å². The summed E-state index contributed by atoms with van der Waals surface area (Å²) in [5.41, 5.74) is 1.39. The molecule has 0 spiro atoms. The minimum atomic E-state index is 0.651. The summed E-state index contributed by atoms with van der Waals surface area (Å²) in [6.45, 7) is 12.1. The maximum absolute atomic E-state index is 3.49. The van der Waals surface area contributed by atoms with Crippen LogP contribution < -0.4 is 5.32 Å². The molecule has 0 aliphatic rings. The zero-order valence-electron chi connectivity index (χ0n) is 9.85. The fourth-order valence-electron chi connectivity index (χ4n) is 1.15. The highest BCUT2D eigenvalue weighted by molar-refractivity contribution is 4.94. The summed E-state index contributed by atoms with van der Waals surface area (Å²) >= 11 is 0. The molecule has 0 saturated heterocycles. The molecule has 0 aromatic carbocycles. The van der Waals surface area contributed by atoms with Crippen LogP contribution in [0.2, 0.25) is 0 Å². The second-order valence-corrected chi connectivity index (χ2v) is 4.56. The zero-order chi connectivity index (χ0) is 10.3. The molecule has 0 saturated carbocycles. The van der Waals surface area contributed by atoms with Gasteiger partial charge in [0.15, 0.2) is 0 Å². The quantitative estimate of drug-likeness (QED) is 0.623. The van der Waals surface area contributed by atoms with Crippen molar-refractivity contribution in [2.24, 2.45) is 5.92 Å². The SMILES string of the molecule is CC(C)=CCNC(C)CCC(C)C. The Labute approximate surface area is 83.6 Å². The molecule has 13 heavy (non-hydrogen) atoms. The van der Waals surface area contributed by atoms with Gasteiger partial charge in [-0.2, -0.15) is 0 Å². The molecule has 0 bridgehead atoms. The van der Waals surface area contributed by atoms with E-state index < -0.39 is 0 Å². The molecule has 0 fully saturated rings. The number of hydrogen-bond donors (Lipinski definition) is 1. The smallest absolute Gasteiger partial charge is 0.0139 e. The van der Waals surface area contributed by atoms with Gasteiger partial charge < -0.3 is 5.32 Å². The molecular weight excluding hydrogens is 158 g/mol. The molecule has 0 aliphatic carbocycles. The molecule has 0 aromatic rings. The first-order chi connectivity index (χ1) is 6.02. The van der Waals surface area contributed by atoms with E-state index in [-0.39, 0.29) is 0 Å². The van der Waals surface area contributed by atoms with Crippen LogP contribution in [0.4, 0.5) is 0 Å². The molecule has 0 aliphatic heterocycles. The Kier molecular flexibility index (Phi) is 6.97. The molecule has 1 N–H and O–H groups in total. The first kappa shape index (κ1) is 12.7. The van der Waals surface area contributed by atoms with Gasteiger partial charge in [0.2, 0.25) is 0 Å². The predicted molar refractivity (Wildman–Crippen MR) is 61.0 cm³/mol. The third-order valence-corrected chi connectivity index (χ3v) is 2.15. The van der Waals surface area contributed by atoms with Crippen molar-refractivity contribution < 1.29 is 0 Å². The zero-order valence-corrected chi connectivity index (χ0v) is 9.85. The van der Waals surface area contributed by atoms with E-state index in [1.165, 1.54) is 18.4 Å². The lowest BCUT2D eigenvalue weighted by molar-refractivity contribution is 0.465. The van der Waals surface area contributed by atoms with Gasteiger partial charge in [-0.3, -0.25) is 0 Å². The third-order valence-electron chi connectivity index (χ3n) is 2.15. The maximum atomic E-state index is 3.49. The maximum Gasteiger partial charge on any atom is 0.0139 e. The second kappa shape index (κ2) is 7.14. The number of nitrogens with one attached hydrogen (secondary N) is 1. The van der Waals surface area contributed by atoms with Crippen molar-refractivity contribution in [3.05, 3.63) is 11.6 Å². The molecule has 0 radical (unpaired) electrons. The summed E-state index contributed by atoms with van der Waals surface area (Å²) in [7, 11) is 0. The number of hydrogen-bond acceptors (Lipinski definition) is 1. The molecule has 0 heterocycles. The van der Waals surface area contributed by atoms with Gasteiger partial charge in [0.1, 0.15) is 0 Å². The molecule has 1 nitrogen and oxygen atoms in total.